The Morgan fingerprint density at radius 3 is 2.53 bits per heavy atom. The highest BCUT2D eigenvalue weighted by atomic mass is 16.5. The van der Waals surface area contributed by atoms with Crippen LogP contribution in [0.2, 0.25) is 0 Å². The molecule has 0 aliphatic carbocycles. The molecule has 0 spiro atoms. The van der Waals surface area contributed by atoms with Crippen molar-refractivity contribution < 1.29 is 4.74 Å². The summed E-state index contributed by atoms with van der Waals surface area (Å²) in [7, 11) is 3.43. The zero-order valence-electron chi connectivity index (χ0n) is 11.2. The fourth-order valence-electron chi connectivity index (χ4n) is 1.70. The third-order valence-electron chi connectivity index (χ3n) is 2.70. The van der Waals surface area contributed by atoms with Gasteiger partial charge in [-0.15, -0.1) is 0 Å². The Hall–Kier alpha value is -2.50. The van der Waals surface area contributed by atoms with Gasteiger partial charge in [0, 0.05) is 18.8 Å². The van der Waals surface area contributed by atoms with E-state index in [2.05, 4.69) is 20.6 Å². The maximum Gasteiger partial charge on any atom is 0.223 e. The van der Waals surface area contributed by atoms with E-state index < -0.39 is 0 Å². The second kappa shape index (κ2) is 5.43. The zero-order chi connectivity index (χ0) is 13.8. The summed E-state index contributed by atoms with van der Waals surface area (Å²) in [5.41, 5.74) is 7.65. The lowest BCUT2D eigenvalue weighted by Gasteiger charge is -2.11. The molecule has 4 N–H and O–H groups in total. The van der Waals surface area contributed by atoms with Gasteiger partial charge in [-0.05, 0) is 30.7 Å². The topological polar surface area (TPSA) is 85.1 Å². The van der Waals surface area contributed by atoms with Crippen LogP contribution in [0.15, 0.2) is 24.3 Å². The maximum atomic E-state index is 5.65. The minimum atomic E-state index is 0.223. The molecule has 0 saturated heterocycles. The van der Waals surface area contributed by atoms with Gasteiger partial charge in [0.05, 0.1) is 7.11 Å². The maximum absolute atomic E-state index is 5.65. The van der Waals surface area contributed by atoms with Crippen LogP contribution in [-0.2, 0) is 0 Å². The number of rotatable bonds is 4. The Morgan fingerprint density at radius 1 is 1.16 bits per heavy atom. The van der Waals surface area contributed by atoms with E-state index in [1.165, 1.54) is 0 Å². The van der Waals surface area contributed by atoms with Gasteiger partial charge in [-0.25, -0.2) is 0 Å². The number of methoxy groups -OCH3 is 1. The standard InChI is InChI=1S/C13H17N5O/c1-8-6-9(19-3)4-5-10(8)16-12-7-11(15-2)17-13(14)18-12/h4-7H,1-3H3,(H4,14,15,16,17,18). The lowest BCUT2D eigenvalue weighted by molar-refractivity contribution is 0.414. The van der Waals surface area contributed by atoms with Gasteiger partial charge in [-0.1, -0.05) is 0 Å². The molecule has 2 aromatic rings. The van der Waals surface area contributed by atoms with E-state index in [9.17, 15) is 0 Å². The van der Waals surface area contributed by atoms with Crippen molar-refractivity contribution in [2.45, 2.75) is 6.92 Å². The molecule has 19 heavy (non-hydrogen) atoms. The number of aromatic nitrogens is 2. The van der Waals surface area contributed by atoms with Crippen molar-refractivity contribution in [2.75, 3.05) is 30.5 Å². The van der Waals surface area contributed by atoms with Gasteiger partial charge in [-0.2, -0.15) is 9.97 Å². The Morgan fingerprint density at radius 2 is 1.89 bits per heavy atom. The molecular weight excluding hydrogens is 242 g/mol. The zero-order valence-corrected chi connectivity index (χ0v) is 11.2. The van der Waals surface area contributed by atoms with Gasteiger partial charge in [0.1, 0.15) is 17.4 Å². The molecule has 1 heterocycles. The van der Waals surface area contributed by atoms with E-state index in [1.54, 1.807) is 20.2 Å². The summed E-state index contributed by atoms with van der Waals surface area (Å²) >= 11 is 0. The molecule has 0 unspecified atom stereocenters. The predicted molar refractivity (Wildman–Crippen MR) is 77.0 cm³/mol. The van der Waals surface area contributed by atoms with Crippen LogP contribution in [0.25, 0.3) is 0 Å². The van der Waals surface area contributed by atoms with Crippen LogP contribution in [0.1, 0.15) is 5.56 Å². The van der Waals surface area contributed by atoms with Gasteiger partial charge < -0.3 is 21.1 Å². The summed E-state index contributed by atoms with van der Waals surface area (Å²) in [6.07, 6.45) is 0. The van der Waals surface area contributed by atoms with Crippen molar-refractivity contribution in [2.24, 2.45) is 0 Å². The molecule has 0 amide bonds. The quantitative estimate of drug-likeness (QED) is 0.780. The number of nitrogens with two attached hydrogens (primary N) is 1. The van der Waals surface area contributed by atoms with Crippen molar-refractivity contribution in [1.29, 1.82) is 0 Å². The molecule has 0 bridgehead atoms. The molecule has 6 heteroatoms. The number of anilines is 4. The molecule has 0 saturated carbocycles. The van der Waals surface area contributed by atoms with E-state index in [4.69, 9.17) is 10.5 Å². The summed E-state index contributed by atoms with van der Waals surface area (Å²) in [5, 5.41) is 6.15. The largest absolute Gasteiger partial charge is 0.497 e. The van der Waals surface area contributed by atoms with E-state index in [-0.39, 0.29) is 5.95 Å². The second-order valence-corrected chi connectivity index (χ2v) is 4.05. The number of nitrogens with one attached hydrogen (secondary N) is 2. The highest BCUT2D eigenvalue weighted by Gasteiger charge is 2.04. The van der Waals surface area contributed by atoms with E-state index in [0.29, 0.717) is 11.6 Å². The molecule has 0 atom stereocenters. The minimum absolute atomic E-state index is 0.223. The highest BCUT2D eigenvalue weighted by molar-refractivity contribution is 5.64. The number of ether oxygens (including phenoxy) is 1. The number of hydrogen-bond donors (Lipinski definition) is 3. The first kappa shape index (κ1) is 12.9. The van der Waals surface area contributed by atoms with Gasteiger partial charge >= 0.3 is 0 Å². The second-order valence-electron chi connectivity index (χ2n) is 4.05. The van der Waals surface area contributed by atoms with Crippen LogP contribution in [0.3, 0.4) is 0 Å². The fraction of sp³-hybridized carbons (Fsp3) is 0.231. The van der Waals surface area contributed by atoms with Crippen LogP contribution in [0, 0.1) is 6.92 Å². The van der Waals surface area contributed by atoms with E-state index >= 15 is 0 Å². The van der Waals surface area contributed by atoms with Crippen LogP contribution >= 0.6 is 0 Å². The van der Waals surface area contributed by atoms with Gasteiger partial charge in [0.2, 0.25) is 5.95 Å². The summed E-state index contributed by atoms with van der Waals surface area (Å²) in [6.45, 7) is 1.99. The molecule has 0 aliphatic rings. The average Bonchev–Trinajstić information content (AvgIpc) is 2.40. The molecule has 1 aromatic carbocycles. The van der Waals surface area contributed by atoms with Gasteiger partial charge in [0.25, 0.3) is 0 Å². The molecule has 0 aliphatic heterocycles. The molecule has 100 valence electrons. The first-order valence-electron chi connectivity index (χ1n) is 5.86. The smallest absolute Gasteiger partial charge is 0.223 e. The lowest BCUT2D eigenvalue weighted by Crippen LogP contribution is -2.04. The lowest BCUT2D eigenvalue weighted by atomic mass is 10.2. The summed E-state index contributed by atoms with van der Waals surface area (Å²) < 4.78 is 5.17. The normalized spacial score (nSPS) is 10.1. The van der Waals surface area contributed by atoms with Crippen molar-refractivity contribution in [3.8, 4) is 5.75 Å². The van der Waals surface area contributed by atoms with Crippen LogP contribution < -0.4 is 21.1 Å². The van der Waals surface area contributed by atoms with Crippen LogP contribution in [-0.4, -0.2) is 24.1 Å². The van der Waals surface area contributed by atoms with E-state index in [1.807, 2.05) is 25.1 Å². The molecule has 6 nitrogen and oxygen atoms in total. The third kappa shape index (κ3) is 3.04. The first-order chi connectivity index (χ1) is 9.12. The number of hydrogen-bond acceptors (Lipinski definition) is 6. The number of nitrogens with zero attached hydrogens (tertiary/aromatic N) is 2. The van der Waals surface area contributed by atoms with E-state index in [0.717, 1.165) is 17.0 Å². The van der Waals surface area contributed by atoms with Gasteiger partial charge in [-0.3, -0.25) is 0 Å². The summed E-state index contributed by atoms with van der Waals surface area (Å²) in [5.74, 6) is 2.35. The van der Waals surface area contributed by atoms with Crippen molar-refractivity contribution in [3.05, 3.63) is 29.8 Å². The van der Waals surface area contributed by atoms with Crippen LogP contribution in [0.5, 0.6) is 5.75 Å². The van der Waals surface area contributed by atoms with Crippen molar-refractivity contribution in [3.63, 3.8) is 0 Å². The van der Waals surface area contributed by atoms with Gasteiger partial charge in [0.15, 0.2) is 0 Å². The molecule has 1 aromatic heterocycles. The number of nitrogen functional groups attached to an aromatic ring is 1. The Balaban J connectivity index is 2.28. The first-order valence-corrected chi connectivity index (χ1v) is 5.86. The van der Waals surface area contributed by atoms with Crippen LogP contribution in [0.4, 0.5) is 23.3 Å². The Kier molecular flexibility index (Phi) is 3.70. The molecule has 0 radical (unpaired) electrons. The molecule has 2 rings (SSSR count). The Labute approximate surface area is 112 Å². The fourth-order valence-corrected chi connectivity index (χ4v) is 1.70. The monoisotopic (exact) mass is 259 g/mol. The van der Waals surface area contributed by atoms with Crippen molar-refractivity contribution in [1.82, 2.24) is 9.97 Å². The minimum Gasteiger partial charge on any atom is -0.497 e. The SMILES string of the molecule is CNc1cc(Nc2ccc(OC)cc2C)nc(N)n1. The molecule has 0 fully saturated rings. The number of aryl methyl sites for hydroxylation is 1. The summed E-state index contributed by atoms with van der Waals surface area (Å²) in [4.78, 5) is 8.18. The highest BCUT2D eigenvalue weighted by Crippen LogP contribution is 2.24. The average molecular weight is 259 g/mol. The molecular formula is C13H17N5O. The predicted octanol–water partition coefficient (Wildman–Crippen LogP) is 2.16. The summed E-state index contributed by atoms with van der Waals surface area (Å²) in [6, 6.07) is 7.57. The Bertz CT molecular complexity index is 585. The number of benzene rings is 1. The van der Waals surface area contributed by atoms with Crippen molar-refractivity contribution >= 4 is 23.3 Å². The third-order valence-corrected chi connectivity index (χ3v) is 2.70.